The van der Waals surface area contributed by atoms with Gasteiger partial charge in [0.2, 0.25) is 0 Å². The normalized spacial score (nSPS) is 18.7. The van der Waals surface area contributed by atoms with Gasteiger partial charge in [0.05, 0.1) is 24.3 Å². The quantitative estimate of drug-likeness (QED) is 0.854. The van der Waals surface area contributed by atoms with Gasteiger partial charge >= 0.3 is 5.97 Å². The van der Waals surface area contributed by atoms with Gasteiger partial charge in [0.15, 0.2) is 0 Å². The Morgan fingerprint density at radius 1 is 1.61 bits per heavy atom. The van der Waals surface area contributed by atoms with Crippen LogP contribution < -0.4 is 5.32 Å². The minimum atomic E-state index is -0.423. The Labute approximate surface area is 111 Å². The number of anilines is 1. The lowest BCUT2D eigenvalue weighted by Crippen LogP contribution is -2.14. The molecule has 1 N–H and O–H groups in total. The summed E-state index contributed by atoms with van der Waals surface area (Å²) in [6.07, 6.45) is 1.07. The van der Waals surface area contributed by atoms with Crippen LogP contribution in [0.2, 0.25) is 5.02 Å². The van der Waals surface area contributed by atoms with E-state index >= 15 is 0 Å². The summed E-state index contributed by atoms with van der Waals surface area (Å²) < 4.78 is 9.99. The van der Waals surface area contributed by atoms with Crippen LogP contribution in [0.5, 0.6) is 0 Å². The summed E-state index contributed by atoms with van der Waals surface area (Å²) in [6.45, 7) is 2.47. The summed E-state index contributed by atoms with van der Waals surface area (Å²) in [5.74, 6) is 0.107. The third-order valence-corrected chi connectivity index (χ3v) is 3.32. The van der Waals surface area contributed by atoms with Gasteiger partial charge < -0.3 is 14.8 Å². The molecule has 1 heterocycles. The highest BCUT2D eigenvalue weighted by molar-refractivity contribution is 6.33. The number of nitrogens with one attached hydrogen (secondary N) is 1. The zero-order valence-corrected chi connectivity index (χ0v) is 11.0. The molecule has 2 rings (SSSR count). The molecule has 0 saturated carbocycles. The van der Waals surface area contributed by atoms with Crippen LogP contribution >= 0.6 is 11.6 Å². The molecule has 1 atom stereocenters. The van der Waals surface area contributed by atoms with Crippen molar-refractivity contribution in [2.45, 2.75) is 6.42 Å². The second kappa shape index (κ2) is 6.07. The lowest BCUT2D eigenvalue weighted by molar-refractivity contribution is 0.0601. The summed E-state index contributed by atoms with van der Waals surface area (Å²) in [5.41, 5.74) is 1.25. The molecule has 1 aliphatic rings. The molecule has 0 spiro atoms. The van der Waals surface area contributed by atoms with E-state index in [1.807, 2.05) is 6.07 Å². The number of carbonyl (C=O) groups excluding carboxylic acids is 1. The zero-order valence-electron chi connectivity index (χ0n) is 10.2. The number of benzene rings is 1. The third-order valence-electron chi connectivity index (χ3n) is 2.99. The highest BCUT2D eigenvalue weighted by atomic mass is 35.5. The molecule has 0 aromatic heterocycles. The van der Waals surface area contributed by atoms with Crippen molar-refractivity contribution in [1.29, 1.82) is 0 Å². The molecule has 1 saturated heterocycles. The van der Waals surface area contributed by atoms with E-state index < -0.39 is 5.97 Å². The van der Waals surface area contributed by atoms with Crippen LogP contribution in [0.3, 0.4) is 0 Å². The Morgan fingerprint density at radius 3 is 3.11 bits per heavy atom. The fourth-order valence-electron chi connectivity index (χ4n) is 1.91. The molecule has 98 valence electrons. The first kappa shape index (κ1) is 13.2. The van der Waals surface area contributed by atoms with E-state index in [4.69, 9.17) is 16.3 Å². The number of carbonyl (C=O) groups is 1. The number of hydrogen-bond donors (Lipinski definition) is 1. The number of methoxy groups -OCH3 is 1. The summed E-state index contributed by atoms with van der Waals surface area (Å²) in [4.78, 5) is 11.5. The van der Waals surface area contributed by atoms with Gasteiger partial charge in [-0.25, -0.2) is 4.79 Å². The molecule has 5 heteroatoms. The maximum absolute atomic E-state index is 11.5. The smallest absolute Gasteiger partial charge is 0.339 e. The Bertz CT molecular complexity index is 430. The van der Waals surface area contributed by atoms with Crippen molar-refractivity contribution >= 4 is 23.3 Å². The number of hydrogen-bond acceptors (Lipinski definition) is 4. The SMILES string of the molecule is COC(=O)c1cc(NCC2CCOC2)ccc1Cl. The van der Waals surface area contributed by atoms with Gasteiger partial charge in [-0.3, -0.25) is 0 Å². The van der Waals surface area contributed by atoms with E-state index in [0.29, 0.717) is 16.5 Å². The van der Waals surface area contributed by atoms with E-state index in [1.165, 1.54) is 7.11 Å². The molecule has 0 bridgehead atoms. The Morgan fingerprint density at radius 2 is 2.44 bits per heavy atom. The standard InChI is InChI=1S/C13H16ClNO3/c1-17-13(16)11-6-10(2-3-12(11)14)15-7-9-4-5-18-8-9/h2-3,6,9,15H,4-5,7-8H2,1H3. The summed E-state index contributed by atoms with van der Waals surface area (Å²) in [6, 6.07) is 5.26. The summed E-state index contributed by atoms with van der Waals surface area (Å²) in [7, 11) is 1.34. The molecular weight excluding hydrogens is 254 g/mol. The van der Waals surface area contributed by atoms with Crippen LogP contribution in [0.15, 0.2) is 18.2 Å². The molecule has 0 amide bonds. The van der Waals surface area contributed by atoms with E-state index in [9.17, 15) is 4.79 Å². The maximum atomic E-state index is 11.5. The monoisotopic (exact) mass is 269 g/mol. The van der Waals surface area contributed by atoms with E-state index in [1.54, 1.807) is 12.1 Å². The molecule has 18 heavy (non-hydrogen) atoms. The van der Waals surface area contributed by atoms with Crippen LogP contribution in [-0.2, 0) is 9.47 Å². The van der Waals surface area contributed by atoms with E-state index in [2.05, 4.69) is 10.1 Å². The number of esters is 1. The largest absolute Gasteiger partial charge is 0.465 e. The first-order valence-corrected chi connectivity index (χ1v) is 6.28. The third kappa shape index (κ3) is 3.15. The molecule has 1 aliphatic heterocycles. The van der Waals surface area contributed by atoms with Gasteiger partial charge in [-0.05, 0) is 24.6 Å². The fraction of sp³-hybridized carbons (Fsp3) is 0.462. The Hall–Kier alpha value is -1.26. The Balaban J connectivity index is 2.02. The maximum Gasteiger partial charge on any atom is 0.339 e. The molecule has 1 aromatic rings. The van der Waals surface area contributed by atoms with Crippen LogP contribution in [0, 0.1) is 5.92 Å². The van der Waals surface area contributed by atoms with Crippen LogP contribution in [0.4, 0.5) is 5.69 Å². The lowest BCUT2D eigenvalue weighted by atomic mass is 10.1. The molecule has 0 aliphatic carbocycles. The van der Waals surface area contributed by atoms with Crippen molar-refractivity contribution in [2.75, 3.05) is 32.2 Å². The molecule has 4 nitrogen and oxygen atoms in total. The lowest BCUT2D eigenvalue weighted by Gasteiger charge is -2.12. The van der Waals surface area contributed by atoms with Crippen molar-refractivity contribution in [2.24, 2.45) is 5.92 Å². The predicted molar refractivity (Wildman–Crippen MR) is 70.2 cm³/mol. The topological polar surface area (TPSA) is 47.6 Å². The molecular formula is C13H16ClNO3. The second-order valence-electron chi connectivity index (χ2n) is 4.30. The first-order valence-electron chi connectivity index (χ1n) is 5.90. The van der Waals surface area contributed by atoms with Gasteiger partial charge in [-0.2, -0.15) is 0 Å². The molecule has 1 fully saturated rings. The summed E-state index contributed by atoms with van der Waals surface area (Å²) >= 11 is 5.95. The first-order chi connectivity index (χ1) is 8.70. The van der Waals surface area contributed by atoms with Gasteiger partial charge in [0.25, 0.3) is 0 Å². The zero-order chi connectivity index (χ0) is 13.0. The van der Waals surface area contributed by atoms with Crippen molar-refractivity contribution in [3.05, 3.63) is 28.8 Å². The summed E-state index contributed by atoms with van der Waals surface area (Å²) in [5, 5.41) is 3.69. The van der Waals surface area contributed by atoms with Crippen LogP contribution in [0.1, 0.15) is 16.8 Å². The van der Waals surface area contributed by atoms with Crippen molar-refractivity contribution in [3.8, 4) is 0 Å². The van der Waals surface area contributed by atoms with Gasteiger partial charge in [-0.15, -0.1) is 0 Å². The van der Waals surface area contributed by atoms with Crippen LogP contribution in [0.25, 0.3) is 0 Å². The number of rotatable bonds is 4. The molecule has 0 radical (unpaired) electrons. The average molecular weight is 270 g/mol. The molecule has 1 unspecified atom stereocenters. The minimum absolute atomic E-state index is 0.381. The highest BCUT2D eigenvalue weighted by Gasteiger charge is 2.16. The van der Waals surface area contributed by atoms with Crippen LogP contribution in [-0.4, -0.2) is 32.8 Å². The predicted octanol–water partition coefficient (Wildman–Crippen LogP) is 2.58. The number of ether oxygens (including phenoxy) is 2. The molecule has 1 aromatic carbocycles. The van der Waals surface area contributed by atoms with Crippen molar-refractivity contribution < 1.29 is 14.3 Å². The highest BCUT2D eigenvalue weighted by Crippen LogP contribution is 2.22. The Kier molecular flexibility index (Phi) is 4.44. The van der Waals surface area contributed by atoms with Crippen molar-refractivity contribution in [1.82, 2.24) is 0 Å². The minimum Gasteiger partial charge on any atom is -0.465 e. The van der Waals surface area contributed by atoms with Gasteiger partial charge in [0, 0.05) is 24.8 Å². The fourth-order valence-corrected chi connectivity index (χ4v) is 2.10. The average Bonchev–Trinajstić information content (AvgIpc) is 2.90. The van der Waals surface area contributed by atoms with Gasteiger partial charge in [-0.1, -0.05) is 11.6 Å². The number of halogens is 1. The van der Waals surface area contributed by atoms with Gasteiger partial charge in [0.1, 0.15) is 0 Å². The van der Waals surface area contributed by atoms with E-state index in [0.717, 1.165) is 31.9 Å². The second-order valence-corrected chi connectivity index (χ2v) is 4.70. The van der Waals surface area contributed by atoms with Crippen molar-refractivity contribution in [3.63, 3.8) is 0 Å². The van der Waals surface area contributed by atoms with E-state index in [-0.39, 0.29) is 0 Å².